The van der Waals surface area contributed by atoms with Gasteiger partial charge in [-0.1, -0.05) is 54.5 Å². The first-order valence-electron chi connectivity index (χ1n) is 13.2. The van der Waals surface area contributed by atoms with Crippen molar-refractivity contribution in [2.24, 2.45) is 5.73 Å². The average molecular weight is 521 g/mol. The van der Waals surface area contributed by atoms with Crippen LogP contribution in [0.2, 0.25) is 0 Å². The first-order valence-corrected chi connectivity index (χ1v) is 15.5. The average Bonchev–Trinajstić information content (AvgIpc) is 2.81. The van der Waals surface area contributed by atoms with Crippen LogP contribution in [0.1, 0.15) is 53.9 Å². The number of rotatable bonds is 9. The van der Waals surface area contributed by atoms with E-state index in [1.807, 2.05) is 6.08 Å². The fourth-order valence-electron chi connectivity index (χ4n) is 4.91. The quantitative estimate of drug-likeness (QED) is 0.455. The summed E-state index contributed by atoms with van der Waals surface area (Å²) in [5, 5.41) is 0. The Morgan fingerprint density at radius 1 is 0.917 bits per heavy atom. The maximum atomic E-state index is 9.63. The fraction of sp³-hybridized carbons (Fsp3) is 0.655. The van der Waals surface area contributed by atoms with E-state index >= 15 is 0 Å². The molecule has 0 aromatic carbocycles. The summed E-state index contributed by atoms with van der Waals surface area (Å²) in [6.45, 7) is 22.9. The predicted octanol–water partition coefficient (Wildman–Crippen LogP) is 4.40. The molecule has 2 fully saturated rings. The molecule has 0 radical (unpaired) electrons. The highest BCUT2D eigenvalue weighted by molar-refractivity contribution is 7.89. The number of nitrogens with two attached hydrogens (primary N) is 1. The third-order valence-electron chi connectivity index (χ3n) is 6.75. The minimum Gasteiger partial charge on any atom is -0.404 e. The van der Waals surface area contributed by atoms with Gasteiger partial charge in [0.25, 0.3) is 0 Å². The summed E-state index contributed by atoms with van der Waals surface area (Å²) in [6.07, 6.45) is 16.4. The van der Waals surface area contributed by atoms with Crippen molar-refractivity contribution in [2.45, 2.75) is 66.0 Å². The van der Waals surface area contributed by atoms with Crippen molar-refractivity contribution in [3.8, 4) is 0 Å². The van der Waals surface area contributed by atoms with Gasteiger partial charge in [-0.3, -0.25) is 14.7 Å². The number of allylic oxidation sites excluding steroid dienone is 6. The van der Waals surface area contributed by atoms with Crippen molar-refractivity contribution in [2.75, 3.05) is 58.3 Å². The van der Waals surface area contributed by atoms with E-state index in [0.29, 0.717) is 6.04 Å². The van der Waals surface area contributed by atoms with Crippen LogP contribution < -0.4 is 5.73 Å². The van der Waals surface area contributed by atoms with E-state index in [4.69, 9.17) is 5.73 Å². The van der Waals surface area contributed by atoms with Crippen LogP contribution in [0.25, 0.3) is 0 Å². The molecule has 0 spiro atoms. The highest BCUT2D eigenvalue weighted by atomic mass is 32.2. The lowest BCUT2D eigenvalue weighted by Gasteiger charge is -2.47. The Bertz CT molecular complexity index is 902. The molecular formula is C29H52N4O2S. The monoisotopic (exact) mass is 520 g/mol. The number of nitrogens with zero attached hydrogens (tertiary/aromatic N) is 3. The molecule has 7 heteroatoms. The van der Waals surface area contributed by atoms with Gasteiger partial charge in [0.15, 0.2) is 0 Å². The number of hydrogen-bond acceptors (Lipinski definition) is 6. The first-order chi connectivity index (χ1) is 16.9. The van der Waals surface area contributed by atoms with Crippen molar-refractivity contribution < 1.29 is 8.42 Å². The Morgan fingerprint density at radius 3 is 2.03 bits per heavy atom. The third-order valence-corrected chi connectivity index (χ3v) is 6.75. The minimum absolute atomic E-state index is 0.679. The normalized spacial score (nSPS) is 22.8. The first kappa shape index (κ1) is 32.4. The molecular weight excluding hydrogens is 468 g/mol. The number of sulfone groups is 1. The van der Waals surface area contributed by atoms with Gasteiger partial charge in [-0.2, -0.15) is 0 Å². The van der Waals surface area contributed by atoms with Gasteiger partial charge in [-0.25, -0.2) is 8.42 Å². The SMILES string of the molecule is C=C/C(C)=C\C=C(/C)CN1CCC(N2CCN(C/C(C)=C\C(C)=C/N)CC2CC)CC1.CS(C)(=O)=O. The molecule has 36 heavy (non-hydrogen) atoms. The Hall–Kier alpha value is -1.67. The molecule has 6 nitrogen and oxygen atoms in total. The smallest absolute Gasteiger partial charge is 0.144 e. The van der Waals surface area contributed by atoms with Crippen LogP contribution in [-0.2, 0) is 9.84 Å². The fourth-order valence-corrected chi connectivity index (χ4v) is 4.91. The molecule has 0 saturated carbocycles. The van der Waals surface area contributed by atoms with E-state index in [2.05, 4.69) is 74.1 Å². The zero-order chi connectivity index (χ0) is 27.3. The second-order valence-electron chi connectivity index (χ2n) is 10.7. The molecule has 0 aliphatic carbocycles. The standard InChI is InChI=1S/C27H46N4.C2H6O2S/c1-7-22(3)9-10-23(4)19-29-13-11-27(12-14-29)31-16-15-30(21-26(31)8-2)20-25(6)17-24(5)18-28;1-5(2,3)4/h7,9-10,17-18,26-27H,1,8,11-16,19-21,28H2,2-6H3;1-2H3/b22-9-,23-10+,24-18-,25-17-;. The van der Waals surface area contributed by atoms with E-state index in [1.165, 1.54) is 68.7 Å². The van der Waals surface area contributed by atoms with Gasteiger partial charge in [-0.15, -0.1) is 0 Å². The molecule has 2 heterocycles. The van der Waals surface area contributed by atoms with Gasteiger partial charge >= 0.3 is 0 Å². The molecule has 0 aromatic heterocycles. The van der Waals surface area contributed by atoms with E-state index in [1.54, 1.807) is 6.20 Å². The molecule has 2 aliphatic rings. The number of piperidine rings is 1. The Kier molecular flexibility index (Phi) is 14.6. The highest BCUT2D eigenvalue weighted by Gasteiger charge is 2.32. The molecule has 2 rings (SSSR count). The zero-order valence-electron chi connectivity index (χ0n) is 24.0. The van der Waals surface area contributed by atoms with Crippen molar-refractivity contribution in [1.29, 1.82) is 0 Å². The highest BCUT2D eigenvalue weighted by Crippen LogP contribution is 2.24. The Morgan fingerprint density at radius 2 is 1.50 bits per heavy atom. The topological polar surface area (TPSA) is 69.9 Å². The third kappa shape index (κ3) is 13.6. The predicted molar refractivity (Wildman–Crippen MR) is 157 cm³/mol. The molecule has 2 N–H and O–H groups in total. The summed E-state index contributed by atoms with van der Waals surface area (Å²) in [7, 11) is -2.67. The van der Waals surface area contributed by atoms with Gasteiger partial charge in [-0.05, 0) is 71.8 Å². The summed E-state index contributed by atoms with van der Waals surface area (Å²) >= 11 is 0. The van der Waals surface area contributed by atoms with Crippen LogP contribution >= 0.6 is 0 Å². The number of piperazine rings is 1. The van der Waals surface area contributed by atoms with E-state index in [0.717, 1.165) is 37.2 Å². The van der Waals surface area contributed by atoms with Gasteiger partial charge in [0.2, 0.25) is 0 Å². The second-order valence-corrected chi connectivity index (χ2v) is 13.0. The zero-order valence-corrected chi connectivity index (χ0v) is 24.8. The second kappa shape index (κ2) is 16.2. The summed E-state index contributed by atoms with van der Waals surface area (Å²) in [5.41, 5.74) is 10.8. The molecule has 0 aromatic rings. The lowest BCUT2D eigenvalue weighted by Crippen LogP contribution is -2.58. The Balaban J connectivity index is 0.00000118. The lowest BCUT2D eigenvalue weighted by atomic mass is 9.97. The maximum Gasteiger partial charge on any atom is 0.144 e. The maximum absolute atomic E-state index is 9.63. The van der Waals surface area contributed by atoms with Crippen LogP contribution in [0.15, 0.2) is 59.4 Å². The van der Waals surface area contributed by atoms with Crippen LogP contribution in [0, 0.1) is 0 Å². The summed E-state index contributed by atoms with van der Waals surface area (Å²) in [5.74, 6) is 0. The number of likely N-dealkylation sites (tertiary alicyclic amines) is 1. The lowest BCUT2D eigenvalue weighted by molar-refractivity contribution is 0.0176. The van der Waals surface area contributed by atoms with Gasteiger partial charge in [0.05, 0.1) is 0 Å². The summed E-state index contributed by atoms with van der Waals surface area (Å²) in [6, 6.07) is 1.42. The van der Waals surface area contributed by atoms with Crippen molar-refractivity contribution in [3.63, 3.8) is 0 Å². The van der Waals surface area contributed by atoms with E-state index in [9.17, 15) is 8.42 Å². The van der Waals surface area contributed by atoms with Gasteiger partial charge in [0, 0.05) is 57.3 Å². The minimum atomic E-state index is -2.67. The largest absolute Gasteiger partial charge is 0.404 e. The molecule has 0 bridgehead atoms. The van der Waals surface area contributed by atoms with Crippen molar-refractivity contribution >= 4 is 9.84 Å². The molecule has 2 saturated heterocycles. The molecule has 206 valence electrons. The van der Waals surface area contributed by atoms with Crippen LogP contribution in [0.4, 0.5) is 0 Å². The summed E-state index contributed by atoms with van der Waals surface area (Å²) < 4.78 is 19.3. The molecule has 1 unspecified atom stereocenters. The van der Waals surface area contributed by atoms with Crippen LogP contribution in [0.3, 0.4) is 0 Å². The van der Waals surface area contributed by atoms with Crippen molar-refractivity contribution in [1.82, 2.24) is 14.7 Å². The van der Waals surface area contributed by atoms with Gasteiger partial charge in [0.1, 0.15) is 9.84 Å². The van der Waals surface area contributed by atoms with E-state index < -0.39 is 9.84 Å². The summed E-state index contributed by atoms with van der Waals surface area (Å²) in [4.78, 5) is 8.08. The van der Waals surface area contributed by atoms with Crippen LogP contribution in [-0.4, -0.2) is 93.5 Å². The van der Waals surface area contributed by atoms with Gasteiger partial charge < -0.3 is 5.73 Å². The van der Waals surface area contributed by atoms with Crippen LogP contribution in [0.5, 0.6) is 0 Å². The molecule has 2 aliphatic heterocycles. The molecule has 1 atom stereocenters. The Labute approximate surface area is 222 Å². The van der Waals surface area contributed by atoms with E-state index in [-0.39, 0.29) is 0 Å². The number of hydrogen-bond donors (Lipinski definition) is 1. The van der Waals surface area contributed by atoms with Crippen molar-refractivity contribution in [3.05, 3.63) is 59.4 Å². The molecule has 0 amide bonds.